The summed E-state index contributed by atoms with van der Waals surface area (Å²) in [6.07, 6.45) is 0.493. The van der Waals surface area contributed by atoms with Crippen LogP contribution >= 0.6 is 0 Å². The van der Waals surface area contributed by atoms with Gasteiger partial charge in [0.2, 0.25) is 11.8 Å². The van der Waals surface area contributed by atoms with Crippen molar-refractivity contribution >= 4 is 23.4 Å². The molecule has 4 aliphatic rings. The van der Waals surface area contributed by atoms with Gasteiger partial charge in [-0.05, 0) is 18.6 Å². The highest BCUT2D eigenvalue weighted by molar-refractivity contribution is 6.06. The van der Waals surface area contributed by atoms with Gasteiger partial charge in [0.1, 0.15) is 11.9 Å². The maximum absolute atomic E-state index is 14.5. The molecular weight excluding hydrogens is 403 g/mol. The molecule has 166 valence electrons. The third-order valence-corrected chi connectivity index (χ3v) is 6.82. The molecule has 8 nitrogen and oxygen atoms in total. The molecule has 0 radical (unpaired) electrons. The fraction of sp³-hybridized carbons (Fsp3) is 0.591. The monoisotopic (exact) mass is 430 g/mol. The summed E-state index contributed by atoms with van der Waals surface area (Å²) in [5.41, 5.74) is 2.04. The minimum absolute atomic E-state index is 0.198. The Labute approximate surface area is 180 Å². The number of rotatable bonds is 4. The zero-order valence-corrected chi connectivity index (χ0v) is 17.7. The summed E-state index contributed by atoms with van der Waals surface area (Å²) in [6, 6.07) is 2.06. The predicted octanol–water partition coefficient (Wildman–Crippen LogP) is 0.745. The molecule has 4 heterocycles. The van der Waals surface area contributed by atoms with E-state index in [-0.39, 0.29) is 30.2 Å². The van der Waals surface area contributed by atoms with Gasteiger partial charge in [-0.25, -0.2) is 4.39 Å². The highest BCUT2D eigenvalue weighted by Crippen LogP contribution is 2.36. The minimum atomic E-state index is -0.698. The predicted molar refractivity (Wildman–Crippen MR) is 110 cm³/mol. The van der Waals surface area contributed by atoms with E-state index in [0.29, 0.717) is 12.0 Å². The molecule has 3 saturated heterocycles. The Morgan fingerprint density at radius 1 is 1.16 bits per heavy atom. The lowest BCUT2D eigenvalue weighted by Gasteiger charge is -2.45. The molecule has 4 aliphatic heterocycles. The molecule has 1 aromatic carbocycles. The first-order valence-electron chi connectivity index (χ1n) is 10.9. The van der Waals surface area contributed by atoms with Crippen LogP contribution in [-0.4, -0.2) is 79.5 Å². The standard InChI is InChI=1S/C22H27FN4O4/c1-22(12-31-13-22)11-25-4-6-26(7-5-25)18-9-14(23)8-15-16(18)10-27(21(15)30)17-2-3-19(28)24-20(17)29/h8-9,17H,2-7,10-13H2,1H3,(H,24,28,29). The first kappa shape index (κ1) is 20.4. The van der Waals surface area contributed by atoms with Crippen molar-refractivity contribution in [1.82, 2.24) is 15.1 Å². The second-order valence-electron chi connectivity index (χ2n) is 9.42. The number of halogens is 1. The quantitative estimate of drug-likeness (QED) is 0.710. The number of hydrogen-bond acceptors (Lipinski definition) is 6. The van der Waals surface area contributed by atoms with Gasteiger partial charge < -0.3 is 14.5 Å². The molecule has 5 rings (SSSR count). The van der Waals surface area contributed by atoms with Crippen LogP contribution in [-0.2, 0) is 20.9 Å². The Kier molecular flexibility index (Phi) is 4.97. The van der Waals surface area contributed by atoms with Crippen LogP contribution in [0.3, 0.4) is 0 Å². The van der Waals surface area contributed by atoms with Gasteiger partial charge in [0, 0.05) is 67.9 Å². The molecule has 0 bridgehead atoms. The van der Waals surface area contributed by atoms with Crippen molar-refractivity contribution in [3.63, 3.8) is 0 Å². The summed E-state index contributed by atoms with van der Waals surface area (Å²) in [6.45, 7) is 8.30. The summed E-state index contributed by atoms with van der Waals surface area (Å²) >= 11 is 0. The summed E-state index contributed by atoms with van der Waals surface area (Å²) < 4.78 is 19.8. The third kappa shape index (κ3) is 3.70. The topological polar surface area (TPSA) is 82.2 Å². The molecule has 0 aromatic heterocycles. The summed E-state index contributed by atoms with van der Waals surface area (Å²) in [5, 5.41) is 2.31. The molecule has 3 fully saturated rings. The van der Waals surface area contributed by atoms with Crippen LogP contribution < -0.4 is 10.2 Å². The number of carbonyl (C=O) groups is 3. The van der Waals surface area contributed by atoms with E-state index in [2.05, 4.69) is 22.0 Å². The number of hydrogen-bond donors (Lipinski definition) is 1. The van der Waals surface area contributed by atoms with Crippen LogP contribution in [0, 0.1) is 11.2 Å². The zero-order chi connectivity index (χ0) is 21.8. The molecule has 1 aromatic rings. The highest BCUT2D eigenvalue weighted by atomic mass is 19.1. The van der Waals surface area contributed by atoms with Crippen LogP contribution in [0.5, 0.6) is 0 Å². The number of amides is 3. The van der Waals surface area contributed by atoms with Gasteiger partial charge in [-0.3, -0.25) is 24.6 Å². The van der Waals surface area contributed by atoms with Gasteiger partial charge in [0.05, 0.1) is 13.2 Å². The Bertz CT molecular complexity index is 940. The van der Waals surface area contributed by atoms with Gasteiger partial charge in [0.15, 0.2) is 0 Å². The maximum atomic E-state index is 14.5. The second kappa shape index (κ2) is 7.56. The Morgan fingerprint density at radius 3 is 2.55 bits per heavy atom. The van der Waals surface area contributed by atoms with Gasteiger partial charge >= 0.3 is 0 Å². The molecule has 1 unspecified atom stereocenters. The van der Waals surface area contributed by atoms with Crippen LogP contribution in [0.1, 0.15) is 35.7 Å². The maximum Gasteiger partial charge on any atom is 0.255 e. The summed E-state index contributed by atoms with van der Waals surface area (Å²) in [4.78, 5) is 42.8. The van der Waals surface area contributed by atoms with Crippen LogP contribution in [0.15, 0.2) is 12.1 Å². The average molecular weight is 430 g/mol. The van der Waals surface area contributed by atoms with Crippen molar-refractivity contribution in [2.45, 2.75) is 32.4 Å². The van der Waals surface area contributed by atoms with E-state index in [1.165, 1.54) is 17.0 Å². The fourth-order valence-electron chi connectivity index (χ4n) is 5.12. The van der Waals surface area contributed by atoms with Crippen LogP contribution in [0.2, 0.25) is 0 Å². The number of imide groups is 1. The average Bonchev–Trinajstić information content (AvgIpc) is 3.03. The van der Waals surface area contributed by atoms with Crippen molar-refractivity contribution in [1.29, 1.82) is 0 Å². The number of nitrogens with zero attached hydrogens (tertiary/aromatic N) is 3. The minimum Gasteiger partial charge on any atom is -0.380 e. The lowest BCUT2D eigenvalue weighted by Crippen LogP contribution is -2.54. The number of fused-ring (bicyclic) bond motifs is 1. The van der Waals surface area contributed by atoms with E-state index in [9.17, 15) is 18.8 Å². The lowest BCUT2D eigenvalue weighted by atomic mass is 9.88. The summed E-state index contributed by atoms with van der Waals surface area (Å²) in [5.74, 6) is -1.57. The van der Waals surface area contributed by atoms with E-state index in [4.69, 9.17) is 4.74 Å². The Morgan fingerprint density at radius 2 is 1.90 bits per heavy atom. The molecule has 0 spiro atoms. The van der Waals surface area contributed by atoms with Crippen molar-refractivity contribution in [3.05, 3.63) is 29.1 Å². The number of benzene rings is 1. The van der Waals surface area contributed by atoms with Crippen LogP contribution in [0.4, 0.5) is 10.1 Å². The Balaban J connectivity index is 1.32. The summed E-state index contributed by atoms with van der Waals surface area (Å²) in [7, 11) is 0. The molecule has 1 atom stereocenters. The third-order valence-electron chi connectivity index (χ3n) is 6.82. The number of piperidine rings is 1. The number of ether oxygens (including phenoxy) is 1. The van der Waals surface area contributed by atoms with Crippen molar-refractivity contribution in [2.24, 2.45) is 5.41 Å². The van der Waals surface area contributed by atoms with E-state index in [1.54, 1.807) is 0 Å². The largest absolute Gasteiger partial charge is 0.380 e. The van der Waals surface area contributed by atoms with Crippen LogP contribution in [0.25, 0.3) is 0 Å². The highest BCUT2D eigenvalue weighted by Gasteiger charge is 2.41. The molecular formula is C22H27FN4O4. The molecule has 31 heavy (non-hydrogen) atoms. The Hall–Kier alpha value is -2.52. The van der Waals surface area contributed by atoms with Crippen molar-refractivity contribution in [3.8, 4) is 0 Å². The SMILES string of the molecule is CC1(CN2CCN(c3cc(F)cc4c3CN(C3CCC(=O)NC3=O)C4=O)CC2)COC1. The smallest absolute Gasteiger partial charge is 0.255 e. The van der Waals surface area contributed by atoms with Crippen molar-refractivity contribution < 1.29 is 23.5 Å². The van der Waals surface area contributed by atoms with E-state index < -0.39 is 17.8 Å². The van der Waals surface area contributed by atoms with E-state index in [0.717, 1.165) is 57.2 Å². The number of nitrogens with one attached hydrogen (secondary N) is 1. The van der Waals surface area contributed by atoms with Gasteiger partial charge in [-0.2, -0.15) is 0 Å². The van der Waals surface area contributed by atoms with E-state index in [1.807, 2.05) is 0 Å². The van der Waals surface area contributed by atoms with Crippen molar-refractivity contribution in [2.75, 3.05) is 50.8 Å². The molecule has 1 N–H and O–H groups in total. The molecule has 3 amide bonds. The van der Waals surface area contributed by atoms with Gasteiger partial charge in [0.25, 0.3) is 5.91 Å². The van der Waals surface area contributed by atoms with Gasteiger partial charge in [-0.1, -0.05) is 6.92 Å². The second-order valence-corrected chi connectivity index (χ2v) is 9.42. The van der Waals surface area contributed by atoms with E-state index >= 15 is 0 Å². The first-order valence-corrected chi connectivity index (χ1v) is 10.9. The normalized spacial score (nSPS) is 26.0. The lowest BCUT2D eigenvalue weighted by molar-refractivity contribution is -0.136. The number of piperazine rings is 1. The molecule has 0 saturated carbocycles. The van der Waals surface area contributed by atoms with Gasteiger partial charge in [-0.15, -0.1) is 0 Å². The first-order chi connectivity index (χ1) is 14.8. The fourth-order valence-corrected chi connectivity index (χ4v) is 5.12. The number of carbonyl (C=O) groups excluding carboxylic acids is 3. The molecule has 9 heteroatoms. The molecule has 0 aliphatic carbocycles. The number of anilines is 1. The zero-order valence-electron chi connectivity index (χ0n) is 17.7.